The van der Waals surface area contributed by atoms with Crippen LogP contribution in [0.1, 0.15) is 23.1 Å². The van der Waals surface area contributed by atoms with E-state index in [9.17, 15) is 0 Å². The maximum atomic E-state index is 5.80. The van der Waals surface area contributed by atoms with E-state index in [2.05, 4.69) is 39.0 Å². The summed E-state index contributed by atoms with van der Waals surface area (Å²) in [5.74, 6) is 2.02. The molecule has 0 amide bonds. The van der Waals surface area contributed by atoms with Crippen LogP contribution in [0.4, 0.5) is 5.69 Å². The number of nitrogens with two attached hydrogens (primary N) is 1. The van der Waals surface area contributed by atoms with Gasteiger partial charge in [0.25, 0.3) is 0 Å². The third-order valence-corrected chi connectivity index (χ3v) is 4.75. The molecule has 0 atom stereocenters. The van der Waals surface area contributed by atoms with Crippen LogP contribution in [0.5, 0.6) is 5.75 Å². The van der Waals surface area contributed by atoms with Gasteiger partial charge in [-0.2, -0.15) is 0 Å². The summed E-state index contributed by atoms with van der Waals surface area (Å²) in [4.78, 5) is 1.30. The number of benzene rings is 2. The molecule has 0 fully saturated rings. The second-order valence-corrected chi connectivity index (χ2v) is 6.46. The second-order valence-electron chi connectivity index (χ2n) is 5.32. The van der Waals surface area contributed by atoms with Gasteiger partial charge in [0.1, 0.15) is 5.75 Å². The number of rotatable bonds is 6. The van der Waals surface area contributed by atoms with Gasteiger partial charge < -0.3 is 10.5 Å². The Hall–Kier alpha value is -1.61. The molecule has 2 aromatic carbocycles. The molecule has 0 saturated heterocycles. The summed E-state index contributed by atoms with van der Waals surface area (Å²) in [7, 11) is 0. The van der Waals surface area contributed by atoms with E-state index >= 15 is 0 Å². The minimum atomic E-state index is 0.753. The Bertz CT molecular complexity index is 610. The van der Waals surface area contributed by atoms with Crippen molar-refractivity contribution in [3.8, 4) is 5.75 Å². The Balaban J connectivity index is 1.73. The van der Waals surface area contributed by atoms with Gasteiger partial charge in [0.2, 0.25) is 0 Å². The molecular weight excluding hydrogens is 278 g/mol. The average molecular weight is 301 g/mol. The van der Waals surface area contributed by atoms with Crippen LogP contribution in [0.25, 0.3) is 0 Å². The summed E-state index contributed by atoms with van der Waals surface area (Å²) in [6.07, 6.45) is 1.03. The van der Waals surface area contributed by atoms with E-state index in [-0.39, 0.29) is 0 Å². The topological polar surface area (TPSA) is 35.2 Å². The lowest BCUT2D eigenvalue weighted by Crippen LogP contribution is -1.99. The van der Waals surface area contributed by atoms with Crippen molar-refractivity contribution in [2.24, 2.45) is 0 Å². The zero-order chi connectivity index (χ0) is 15.2. The summed E-state index contributed by atoms with van der Waals surface area (Å²) in [6.45, 7) is 7.08. The first-order valence-corrected chi connectivity index (χ1v) is 8.24. The molecule has 0 aliphatic rings. The summed E-state index contributed by atoms with van der Waals surface area (Å²) in [5, 5.41) is 0. The molecule has 21 heavy (non-hydrogen) atoms. The lowest BCUT2D eigenvalue weighted by atomic mass is 10.1. The molecule has 0 spiro atoms. The average Bonchev–Trinajstić information content (AvgIpc) is 2.44. The van der Waals surface area contributed by atoms with Gasteiger partial charge in [0.05, 0.1) is 6.61 Å². The Kier molecular flexibility index (Phi) is 5.57. The number of nitrogen functional groups attached to an aromatic ring is 1. The standard InChI is InChI=1S/C18H23NOS/c1-13-5-7-17(12-14(13)2)20-9-4-10-21-18-8-6-16(19)11-15(18)3/h5-8,11-12H,4,9-10,19H2,1-3H3. The van der Waals surface area contributed by atoms with Crippen LogP contribution < -0.4 is 10.5 Å². The molecule has 2 nitrogen and oxygen atoms in total. The van der Waals surface area contributed by atoms with Crippen molar-refractivity contribution in [3.05, 3.63) is 53.1 Å². The zero-order valence-corrected chi connectivity index (χ0v) is 13.8. The van der Waals surface area contributed by atoms with Gasteiger partial charge in [-0.25, -0.2) is 0 Å². The molecular formula is C18H23NOS. The summed E-state index contributed by atoms with van der Waals surface area (Å²) >= 11 is 1.86. The van der Waals surface area contributed by atoms with Crippen LogP contribution in [0.15, 0.2) is 41.3 Å². The van der Waals surface area contributed by atoms with Gasteiger partial charge in [-0.15, -0.1) is 11.8 Å². The maximum absolute atomic E-state index is 5.80. The van der Waals surface area contributed by atoms with Crippen LogP contribution in [-0.4, -0.2) is 12.4 Å². The van der Waals surface area contributed by atoms with E-state index in [1.165, 1.54) is 21.6 Å². The van der Waals surface area contributed by atoms with Crippen molar-refractivity contribution in [1.82, 2.24) is 0 Å². The van der Waals surface area contributed by atoms with Crippen molar-refractivity contribution in [2.75, 3.05) is 18.1 Å². The monoisotopic (exact) mass is 301 g/mol. The molecule has 0 bridgehead atoms. The quantitative estimate of drug-likeness (QED) is 0.475. The lowest BCUT2D eigenvalue weighted by molar-refractivity contribution is 0.318. The number of aryl methyl sites for hydroxylation is 3. The molecule has 2 N–H and O–H groups in total. The normalized spacial score (nSPS) is 10.6. The Morgan fingerprint density at radius 3 is 2.48 bits per heavy atom. The molecule has 3 heteroatoms. The zero-order valence-electron chi connectivity index (χ0n) is 13.0. The van der Waals surface area contributed by atoms with Crippen LogP contribution >= 0.6 is 11.8 Å². The van der Waals surface area contributed by atoms with E-state index in [0.717, 1.165) is 30.2 Å². The summed E-state index contributed by atoms with van der Waals surface area (Å²) in [6, 6.07) is 12.3. The second kappa shape index (κ2) is 7.41. The van der Waals surface area contributed by atoms with Gasteiger partial charge >= 0.3 is 0 Å². The highest BCUT2D eigenvalue weighted by atomic mass is 32.2. The van der Waals surface area contributed by atoms with E-state index in [1.807, 2.05) is 30.0 Å². The number of hydrogen-bond acceptors (Lipinski definition) is 3. The van der Waals surface area contributed by atoms with Gasteiger partial charge in [0, 0.05) is 16.3 Å². The third kappa shape index (κ3) is 4.71. The Morgan fingerprint density at radius 2 is 1.76 bits per heavy atom. The lowest BCUT2D eigenvalue weighted by Gasteiger charge is -2.09. The predicted octanol–water partition coefficient (Wildman–Crippen LogP) is 4.76. The molecule has 0 aliphatic carbocycles. The maximum Gasteiger partial charge on any atom is 0.119 e. The minimum absolute atomic E-state index is 0.753. The SMILES string of the molecule is Cc1ccc(OCCCSc2ccc(N)cc2C)cc1C. The van der Waals surface area contributed by atoms with Crippen molar-refractivity contribution in [1.29, 1.82) is 0 Å². The highest BCUT2D eigenvalue weighted by molar-refractivity contribution is 7.99. The van der Waals surface area contributed by atoms with Gasteiger partial charge in [-0.1, -0.05) is 6.07 Å². The highest BCUT2D eigenvalue weighted by Crippen LogP contribution is 2.24. The molecule has 2 aromatic rings. The number of hydrogen-bond donors (Lipinski definition) is 1. The van der Waals surface area contributed by atoms with Crippen LogP contribution in [-0.2, 0) is 0 Å². The fraction of sp³-hybridized carbons (Fsp3) is 0.333. The van der Waals surface area contributed by atoms with Crippen molar-refractivity contribution in [3.63, 3.8) is 0 Å². The van der Waals surface area contributed by atoms with Crippen molar-refractivity contribution < 1.29 is 4.74 Å². The molecule has 0 heterocycles. The van der Waals surface area contributed by atoms with Gasteiger partial charge in [-0.3, -0.25) is 0 Å². The number of anilines is 1. The van der Waals surface area contributed by atoms with Crippen LogP contribution in [0.2, 0.25) is 0 Å². The highest BCUT2D eigenvalue weighted by Gasteiger charge is 2.01. The number of ether oxygens (including phenoxy) is 1. The molecule has 0 saturated carbocycles. The van der Waals surface area contributed by atoms with E-state index < -0.39 is 0 Å². The fourth-order valence-corrected chi connectivity index (χ4v) is 3.00. The van der Waals surface area contributed by atoms with Crippen LogP contribution in [0.3, 0.4) is 0 Å². The first-order chi connectivity index (χ1) is 10.1. The summed E-state index contributed by atoms with van der Waals surface area (Å²) in [5.41, 5.74) is 10.4. The van der Waals surface area contributed by atoms with Crippen LogP contribution in [0, 0.1) is 20.8 Å². The Morgan fingerprint density at radius 1 is 0.952 bits per heavy atom. The van der Waals surface area contributed by atoms with Gasteiger partial charge in [-0.05, 0) is 74.2 Å². The number of thioether (sulfide) groups is 1. The molecule has 112 valence electrons. The minimum Gasteiger partial charge on any atom is -0.494 e. The van der Waals surface area contributed by atoms with E-state index in [1.54, 1.807) is 0 Å². The molecule has 0 unspecified atom stereocenters. The van der Waals surface area contributed by atoms with Crippen molar-refractivity contribution in [2.45, 2.75) is 32.1 Å². The molecule has 2 rings (SSSR count). The molecule has 0 aromatic heterocycles. The van der Waals surface area contributed by atoms with E-state index in [4.69, 9.17) is 10.5 Å². The molecule has 0 aliphatic heterocycles. The largest absolute Gasteiger partial charge is 0.494 e. The van der Waals surface area contributed by atoms with Crippen molar-refractivity contribution >= 4 is 17.4 Å². The van der Waals surface area contributed by atoms with E-state index in [0.29, 0.717) is 0 Å². The molecule has 0 radical (unpaired) electrons. The van der Waals surface area contributed by atoms with Gasteiger partial charge in [0.15, 0.2) is 0 Å². The first-order valence-electron chi connectivity index (χ1n) is 7.25. The first kappa shape index (κ1) is 15.8. The Labute approximate surface area is 131 Å². The predicted molar refractivity (Wildman–Crippen MR) is 92.3 cm³/mol. The third-order valence-electron chi connectivity index (χ3n) is 3.49. The fourth-order valence-electron chi connectivity index (χ4n) is 2.07. The summed E-state index contributed by atoms with van der Waals surface area (Å²) < 4.78 is 5.80. The smallest absolute Gasteiger partial charge is 0.119 e.